The normalized spacial score (nSPS) is 27.4. The lowest BCUT2D eigenvalue weighted by Gasteiger charge is -2.40. The van der Waals surface area contributed by atoms with Crippen molar-refractivity contribution in [2.75, 3.05) is 7.05 Å². The van der Waals surface area contributed by atoms with Crippen LogP contribution in [0.3, 0.4) is 0 Å². The van der Waals surface area contributed by atoms with Crippen LogP contribution in [0.25, 0.3) is 0 Å². The van der Waals surface area contributed by atoms with E-state index in [4.69, 9.17) is 0 Å². The Morgan fingerprint density at radius 3 is 2.10 bits per heavy atom. The highest BCUT2D eigenvalue weighted by Gasteiger charge is 2.32. The first kappa shape index (κ1) is 22.1. The van der Waals surface area contributed by atoms with Crippen molar-refractivity contribution in [3.8, 4) is 0 Å². The van der Waals surface area contributed by atoms with Crippen molar-refractivity contribution in [1.82, 2.24) is 4.90 Å². The number of carbonyl (C=O) groups is 1. The van der Waals surface area contributed by atoms with E-state index in [1.54, 1.807) is 5.56 Å². The van der Waals surface area contributed by atoms with E-state index in [9.17, 15) is 4.79 Å². The molecule has 0 unspecified atom stereocenters. The van der Waals surface area contributed by atoms with Crippen LogP contribution in [-0.4, -0.2) is 23.9 Å². The molecule has 0 radical (unpaired) electrons. The molecule has 2 saturated carbocycles. The van der Waals surface area contributed by atoms with Crippen molar-refractivity contribution >= 4 is 5.91 Å². The first-order valence-electron chi connectivity index (χ1n) is 12.1. The van der Waals surface area contributed by atoms with E-state index in [0.29, 0.717) is 6.04 Å². The molecule has 0 spiro atoms. The molecule has 2 aliphatic rings. The van der Waals surface area contributed by atoms with Crippen molar-refractivity contribution in [2.45, 2.75) is 95.9 Å². The number of hydrogen-bond acceptors (Lipinski definition) is 1. The summed E-state index contributed by atoms with van der Waals surface area (Å²) in [6, 6.07) is 9.98. The summed E-state index contributed by atoms with van der Waals surface area (Å²) in [6.07, 6.45) is 17.1. The van der Waals surface area contributed by atoms with Gasteiger partial charge in [0.05, 0.1) is 0 Å². The highest BCUT2D eigenvalue weighted by molar-refractivity contribution is 5.87. The Morgan fingerprint density at radius 2 is 1.55 bits per heavy atom. The summed E-state index contributed by atoms with van der Waals surface area (Å²) in [5.41, 5.74) is 3.07. The Morgan fingerprint density at radius 1 is 0.966 bits per heavy atom. The molecule has 0 N–H and O–H groups in total. The van der Waals surface area contributed by atoms with Crippen molar-refractivity contribution < 1.29 is 4.79 Å². The summed E-state index contributed by atoms with van der Waals surface area (Å²) in [4.78, 5) is 13.8. The summed E-state index contributed by atoms with van der Waals surface area (Å²) in [6.45, 7) is 5.90. The van der Waals surface area contributed by atoms with Gasteiger partial charge >= 0.3 is 0 Å². The zero-order valence-corrected chi connectivity index (χ0v) is 18.7. The zero-order chi connectivity index (χ0) is 20.6. The highest BCUT2D eigenvalue weighted by Crippen LogP contribution is 2.43. The Labute approximate surface area is 178 Å². The van der Waals surface area contributed by atoms with Crippen LogP contribution in [0.15, 0.2) is 36.9 Å². The topological polar surface area (TPSA) is 20.3 Å². The molecule has 0 atom stereocenters. The van der Waals surface area contributed by atoms with Gasteiger partial charge in [0.15, 0.2) is 0 Å². The van der Waals surface area contributed by atoms with Crippen LogP contribution in [0.2, 0.25) is 0 Å². The molecule has 0 heterocycles. The lowest BCUT2D eigenvalue weighted by atomic mass is 9.69. The largest absolute Gasteiger partial charge is 0.339 e. The number of aryl methyl sites for hydroxylation is 1. The summed E-state index contributed by atoms with van der Waals surface area (Å²) in [5, 5.41) is 0. The zero-order valence-electron chi connectivity index (χ0n) is 18.7. The molecule has 160 valence electrons. The van der Waals surface area contributed by atoms with Crippen molar-refractivity contribution in [2.24, 2.45) is 11.8 Å². The van der Waals surface area contributed by atoms with Gasteiger partial charge in [0, 0.05) is 13.1 Å². The molecule has 2 fully saturated rings. The van der Waals surface area contributed by atoms with E-state index >= 15 is 0 Å². The van der Waals surface area contributed by atoms with Crippen LogP contribution in [0, 0.1) is 11.8 Å². The third-order valence-corrected chi connectivity index (χ3v) is 7.77. The second kappa shape index (κ2) is 11.0. The van der Waals surface area contributed by atoms with Crippen molar-refractivity contribution in [1.29, 1.82) is 0 Å². The number of benzene rings is 1. The molecule has 3 rings (SSSR count). The smallest absolute Gasteiger partial charge is 0.245 e. The van der Waals surface area contributed by atoms with Crippen LogP contribution in [0.5, 0.6) is 0 Å². The summed E-state index contributed by atoms with van der Waals surface area (Å²) in [7, 11) is 1.94. The van der Waals surface area contributed by atoms with E-state index in [2.05, 4.69) is 37.8 Å². The van der Waals surface area contributed by atoms with E-state index < -0.39 is 0 Å². The molecule has 2 aliphatic carbocycles. The number of hydrogen-bond donors (Lipinski definition) is 0. The fourth-order valence-electron chi connectivity index (χ4n) is 5.74. The van der Waals surface area contributed by atoms with E-state index in [0.717, 1.165) is 17.8 Å². The first-order valence-corrected chi connectivity index (χ1v) is 12.1. The quantitative estimate of drug-likeness (QED) is 0.346. The molecule has 2 heteroatoms. The van der Waals surface area contributed by atoms with Gasteiger partial charge < -0.3 is 4.90 Å². The van der Waals surface area contributed by atoms with Gasteiger partial charge in [-0.1, -0.05) is 50.6 Å². The average molecular weight is 396 g/mol. The minimum atomic E-state index is 0.0744. The Bertz CT molecular complexity index is 633. The number of amides is 1. The Kier molecular flexibility index (Phi) is 8.39. The maximum absolute atomic E-state index is 11.9. The second-order valence-corrected chi connectivity index (χ2v) is 9.53. The lowest BCUT2D eigenvalue weighted by Crippen LogP contribution is -2.39. The van der Waals surface area contributed by atoms with Gasteiger partial charge in [-0.2, -0.15) is 0 Å². The van der Waals surface area contributed by atoms with Gasteiger partial charge in [-0.15, -0.1) is 0 Å². The molecule has 0 aliphatic heterocycles. The summed E-state index contributed by atoms with van der Waals surface area (Å²) < 4.78 is 0. The van der Waals surface area contributed by atoms with Crippen LogP contribution >= 0.6 is 0 Å². The molecule has 29 heavy (non-hydrogen) atoms. The second-order valence-electron chi connectivity index (χ2n) is 9.53. The maximum Gasteiger partial charge on any atom is 0.245 e. The minimum absolute atomic E-state index is 0.0744. The Balaban J connectivity index is 1.43. The van der Waals surface area contributed by atoms with Crippen LogP contribution in [-0.2, 0) is 11.2 Å². The molecule has 1 aromatic carbocycles. The standard InChI is InChI=1S/C27H41NO/c1-4-6-7-8-21-9-11-22(12-10-21)23-13-15-24(16-14-23)25-17-19-26(20-18-25)28(3)27(29)5-2/h5,9-12,23-26H,2,4,6-8,13-20H2,1,3H3. The number of nitrogens with zero attached hydrogens (tertiary/aromatic N) is 1. The van der Waals surface area contributed by atoms with Gasteiger partial charge in [0.25, 0.3) is 0 Å². The van der Waals surface area contributed by atoms with Crippen molar-refractivity contribution in [3.63, 3.8) is 0 Å². The molecular weight excluding hydrogens is 354 g/mol. The van der Waals surface area contributed by atoms with Gasteiger partial charge in [0.1, 0.15) is 0 Å². The van der Waals surface area contributed by atoms with Crippen LogP contribution < -0.4 is 0 Å². The third kappa shape index (κ3) is 5.96. The van der Waals surface area contributed by atoms with Gasteiger partial charge in [-0.3, -0.25) is 4.79 Å². The SMILES string of the molecule is C=CC(=O)N(C)C1CCC(C2CCC(c3ccc(CCCCC)cc3)CC2)CC1. The number of carbonyl (C=O) groups excluding carboxylic acids is 1. The average Bonchev–Trinajstić information content (AvgIpc) is 2.79. The number of rotatable bonds is 8. The fraction of sp³-hybridized carbons (Fsp3) is 0.667. The molecule has 1 aromatic rings. The minimum Gasteiger partial charge on any atom is -0.339 e. The lowest BCUT2D eigenvalue weighted by molar-refractivity contribution is -0.127. The molecule has 0 aromatic heterocycles. The Hall–Kier alpha value is -1.57. The maximum atomic E-state index is 11.9. The molecule has 0 saturated heterocycles. The fourth-order valence-corrected chi connectivity index (χ4v) is 5.74. The number of unbranched alkanes of at least 4 members (excludes halogenated alkanes) is 2. The molecule has 2 nitrogen and oxygen atoms in total. The van der Waals surface area contributed by atoms with Gasteiger partial charge in [0.2, 0.25) is 5.91 Å². The molecule has 0 bridgehead atoms. The highest BCUT2D eigenvalue weighted by atomic mass is 16.2. The predicted octanol–water partition coefficient (Wildman–Crippen LogP) is 6.90. The predicted molar refractivity (Wildman–Crippen MR) is 123 cm³/mol. The summed E-state index contributed by atoms with van der Waals surface area (Å²) >= 11 is 0. The van der Waals surface area contributed by atoms with Crippen LogP contribution in [0.1, 0.15) is 94.6 Å². The third-order valence-electron chi connectivity index (χ3n) is 7.77. The molecular formula is C27H41NO. The van der Waals surface area contributed by atoms with E-state index in [-0.39, 0.29) is 5.91 Å². The van der Waals surface area contributed by atoms with E-state index in [1.165, 1.54) is 88.7 Å². The van der Waals surface area contributed by atoms with Crippen molar-refractivity contribution in [3.05, 3.63) is 48.0 Å². The van der Waals surface area contributed by atoms with Crippen LogP contribution in [0.4, 0.5) is 0 Å². The molecule has 1 amide bonds. The summed E-state index contributed by atoms with van der Waals surface area (Å²) in [5.74, 6) is 2.62. The van der Waals surface area contributed by atoms with Gasteiger partial charge in [-0.05, 0) is 99.2 Å². The van der Waals surface area contributed by atoms with Gasteiger partial charge in [-0.25, -0.2) is 0 Å². The first-order chi connectivity index (χ1) is 14.1. The monoisotopic (exact) mass is 395 g/mol. The number of likely N-dealkylation sites (N-methyl/N-ethyl adjacent to an activating group) is 1. The van der Waals surface area contributed by atoms with E-state index in [1.807, 2.05) is 11.9 Å².